The third-order valence-electron chi connectivity index (χ3n) is 3.71. The molecule has 2 aromatic heterocycles. The van der Waals surface area contributed by atoms with E-state index in [-0.39, 0.29) is 0 Å². The van der Waals surface area contributed by atoms with E-state index in [1.807, 2.05) is 53.9 Å². The summed E-state index contributed by atoms with van der Waals surface area (Å²) in [6, 6.07) is 17.9. The Morgan fingerprint density at radius 3 is 2.52 bits per heavy atom. The summed E-state index contributed by atoms with van der Waals surface area (Å²) in [6.45, 7) is 0. The molecular formula is C18H13ClN2OS. The highest BCUT2D eigenvalue weighted by molar-refractivity contribution is 7.14. The molecule has 0 radical (unpaired) electrons. The van der Waals surface area contributed by atoms with Crippen molar-refractivity contribution in [3.63, 3.8) is 0 Å². The lowest BCUT2D eigenvalue weighted by Gasteiger charge is -2.09. The number of nitrogens with zero attached hydrogens (tertiary/aromatic N) is 2. The van der Waals surface area contributed by atoms with Crippen LogP contribution in [0.2, 0.25) is 5.02 Å². The molecule has 3 nitrogen and oxygen atoms in total. The van der Waals surface area contributed by atoms with Crippen molar-refractivity contribution in [1.29, 1.82) is 0 Å². The Kier molecular flexibility index (Phi) is 3.56. The number of benzene rings is 2. The van der Waals surface area contributed by atoms with Crippen LogP contribution >= 0.6 is 22.9 Å². The molecule has 5 heteroatoms. The Labute approximate surface area is 142 Å². The number of halogens is 1. The quantitative estimate of drug-likeness (QED) is 0.498. The van der Waals surface area contributed by atoms with Gasteiger partial charge in [-0.15, -0.1) is 11.3 Å². The van der Waals surface area contributed by atoms with Gasteiger partial charge in [0, 0.05) is 5.69 Å². The molecule has 0 spiro atoms. The van der Waals surface area contributed by atoms with Crippen LogP contribution in [0.25, 0.3) is 27.4 Å². The predicted octanol–water partition coefficient (Wildman–Crippen LogP) is 5.42. The second-order valence-electron chi connectivity index (χ2n) is 5.06. The van der Waals surface area contributed by atoms with Gasteiger partial charge in [-0.25, -0.2) is 4.98 Å². The lowest BCUT2D eigenvalue weighted by molar-refractivity contribution is 0.415. The molecule has 0 aliphatic carbocycles. The van der Waals surface area contributed by atoms with Gasteiger partial charge < -0.3 is 4.74 Å². The number of rotatable bonds is 3. The normalized spacial score (nSPS) is 11.0. The van der Waals surface area contributed by atoms with Gasteiger partial charge in [0.1, 0.15) is 5.75 Å². The van der Waals surface area contributed by atoms with Crippen LogP contribution in [0.3, 0.4) is 0 Å². The van der Waals surface area contributed by atoms with Crippen molar-refractivity contribution in [2.24, 2.45) is 0 Å². The van der Waals surface area contributed by atoms with Crippen LogP contribution in [0.5, 0.6) is 5.75 Å². The van der Waals surface area contributed by atoms with Crippen LogP contribution in [0.1, 0.15) is 0 Å². The first-order chi connectivity index (χ1) is 11.3. The lowest BCUT2D eigenvalue weighted by atomic mass is 10.2. The maximum absolute atomic E-state index is 6.35. The Morgan fingerprint density at radius 2 is 1.83 bits per heavy atom. The molecule has 0 amide bonds. The number of methoxy groups -OCH3 is 1. The Morgan fingerprint density at radius 1 is 1.04 bits per heavy atom. The first-order valence-corrected chi connectivity index (χ1v) is 8.39. The molecule has 0 saturated heterocycles. The van der Waals surface area contributed by atoms with E-state index in [9.17, 15) is 0 Å². The van der Waals surface area contributed by atoms with Crippen molar-refractivity contribution in [3.8, 4) is 22.1 Å². The smallest absolute Gasteiger partial charge is 0.157 e. The van der Waals surface area contributed by atoms with E-state index in [2.05, 4.69) is 10.6 Å². The second kappa shape index (κ2) is 5.72. The van der Waals surface area contributed by atoms with E-state index in [1.165, 1.54) is 0 Å². The average molecular weight is 341 g/mol. The van der Waals surface area contributed by atoms with Gasteiger partial charge in [-0.2, -0.15) is 0 Å². The number of ether oxygens (including phenoxy) is 1. The van der Waals surface area contributed by atoms with Gasteiger partial charge >= 0.3 is 0 Å². The van der Waals surface area contributed by atoms with E-state index in [0.717, 1.165) is 38.2 Å². The largest absolute Gasteiger partial charge is 0.497 e. The van der Waals surface area contributed by atoms with Gasteiger partial charge in [-0.1, -0.05) is 23.7 Å². The van der Waals surface area contributed by atoms with Crippen LogP contribution in [0.4, 0.5) is 0 Å². The van der Waals surface area contributed by atoms with E-state index in [1.54, 1.807) is 18.4 Å². The minimum absolute atomic E-state index is 0.722. The van der Waals surface area contributed by atoms with Gasteiger partial charge in [-0.05, 0) is 47.8 Å². The number of hydrogen-bond donors (Lipinski definition) is 0. The molecule has 0 bridgehead atoms. The van der Waals surface area contributed by atoms with Gasteiger partial charge in [0.2, 0.25) is 0 Å². The summed E-state index contributed by atoms with van der Waals surface area (Å²) in [6.07, 6.45) is 0. The number of para-hydroxylation sites is 2. The summed E-state index contributed by atoms with van der Waals surface area (Å²) in [5, 5.41) is 2.70. The highest BCUT2D eigenvalue weighted by atomic mass is 35.5. The summed E-state index contributed by atoms with van der Waals surface area (Å²) >= 11 is 7.94. The molecule has 2 heterocycles. The standard InChI is InChI=1S/C18H13ClN2OS/c1-22-13-8-6-12(7-9-13)21-16-5-3-2-4-15(16)20-18(21)17-14(19)10-11-23-17/h2-11H,1H3. The molecule has 0 N–H and O–H groups in total. The Balaban J connectivity index is 2.01. The van der Waals surface area contributed by atoms with E-state index in [0.29, 0.717) is 0 Å². The van der Waals surface area contributed by atoms with Crippen LogP contribution in [0, 0.1) is 0 Å². The van der Waals surface area contributed by atoms with Crippen LogP contribution in [-0.2, 0) is 0 Å². The summed E-state index contributed by atoms with van der Waals surface area (Å²) in [5.74, 6) is 1.69. The fourth-order valence-electron chi connectivity index (χ4n) is 2.62. The minimum Gasteiger partial charge on any atom is -0.497 e. The van der Waals surface area contributed by atoms with Crippen molar-refractivity contribution in [3.05, 3.63) is 65.0 Å². The van der Waals surface area contributed by atoms with Crippen molar-refractivity contribution in [1.82, 2.24) is 9.55 Å². The minimum atomic E-state index is 0.722. The highest BCUT2D eigenvalue weighted by Gasteiger charge is 2.17. The number of fused-ring (bicyclic) bond motifs is 1. The number of imidazole rings is 1. The summed E-state index contributed by atoms with van der Waals surface area (Å²) in [7, 11) is 1.67. The number of thiophene rings is 1. The monoisotopic (exact) mass is 340 g/mol. The van der Waals surface area contributed by atoms with Crippen LogP contribution in [0.15, 0.2) is 60.0 Å². The van der Waals surface area contributed by atoms with E-state index >= 15 is 0 Å². The molecule has 23 heavy (non-hydrogen) atoms. The van der Waals surface area contributed by atoms with E-state index < -0.39 is 0 Å². The molecule has 0 atom stereocenters. The fourth-order valence-corrected chi connectivity index (χ4v) is 3.74. The van der Waals surface area contributed by atoms with Crippen LogP contribution < -0.4 is 4.74 Å². The Hall–Kier alpha value is -2.30. The first-order valence-electron chi connectivity index (χ1n) is 7.13. The van der Waals surface area contributed by atoms with Gasteiger partial charge in [0.05, 0.1) is 28.0 Å². The molecule has 0 aliphatic rings. The molecule has 2 aromatic carbocycles. The van der Waals surface area contributed by atoms with Gasteiger partial charge in [-0.3, -0.25) is 4.57 Å². The van der Waals surface area contributed by atoms with Crippen molar-refractivity contribution in [2.75, 3.05) is 7.11 Å². The van der Waals surface area contributed by atoms with Gasteiger partial charge in [0.15, 0.2) is 5.82 Å². The Bertz CT molecular complexity index is 972. The van der Waals surface area contributed by atoms with Gasteiger partial charge in [0.25, 0.3) is 0 Å². The average Bonchev–Trinajstić information content (AvgIpc) is 3.18. The molecular weight excluding hydrogens is 328 g/mol. The maximum atomic E-state index is 6.35. The third-order valence-corrected chi connectivity index (χ3v) is 5.05. The van der Waals surface area contributed by atoms with Crippen molar-refractivity contribution >= 4 is 34.0 Å². The predicted molar refractivity (Wildman–Crippen MR) is 95.9 cm³/mol. The molecule has 114 valence electrons. The molecule has 0 saturated carbocycles. The summed E-state index contributed by atoms with van der Waals surface area (Å²) < 4.78 is 7.38. The van der Waals surface area contributed by atoms with Crippen molar-refractivity contribution < 1.29 is 4.74 Å². The summed E-state index contributed by atoms with van der Waals surface area (Å²) in [4.78, 5) is 5.76. The topological polar surface area (TPSA) is 27.1 Å². The second-order valence-corrected chi connectivity index (χ2v) is 6.38. The van der Waals surface area contributed by atoms with Crippen LogP contribution in [-0.4, -0.2) is 16.7 Å². The zero-order valence-electron chi connectivity index (χ0n) is 12.4. The first kappa shape index (κ1) is 14.3. The third kappa shape index (κ3) is 2.40. The number of aromatic nitrogens is 2. The zero-order chi connectivity index (χ0) is 15.8. The fraction of sp³-hybridized carbons (Fsp3) is 0.0556. The molecule has 0 aliphatic heterocycles. The highest BCUT2D eigenvalue weighted by Crippen LogP contribution is 2.36. The maximum Gasteiger partial charge on any atom is 0.157 e. The molecule has 4 aromatic rings. The SMILES string of the molecule is COc1ccc(-n2c(-c3sccc3Cl)nc3ccccc32)cc1. The lowest BCUT2D eigenvalue weighted by Crippen LogP contribution is -1.97. The van der Waals surface area contributed by atoms with Crippen molar-refractivity contribution in [2.45, 2.75) is 0 Å². The molecule has 4 rings (SSSR count). The number of hydrogen-bond acceptors (Lipinski definition) is 3. The zero-order valence-corrected chi connectivity index (χ0v) is 13.9. The molecule has 0 fully saturated rings. The van der Waals surface area contributed by atoms with E-state index in [4.69, 9.17) is 21.3 Å². The molecule has 0 unspecified atom stereocenters. The summed E-state index contributed by atoms with van der Waals surface area (Å²) in [5.41, 5.74) is 3.03.